The highest BCUT2D eigenvalue weighted by Crippen LogP contribution is 2.26. The predicted octanol–water partition coefficient (Wildman–Crippen LogP) is 4.75. The van der Waals surface area contributed by atoms with Crippen LogP contribution in [-0.4, -0.2) is 33.1 Å². The second-order valence-corrected chi connectivity index (χ2v) is 6.53. The number of alkyl halides is 3. The smallest absolute Gasteiger partial charge is 0.329 e. The van der Waals surface area contributed by atoms with Crippen LogP contribution in [0.2, 0.25) is 0 Å². The van der Waals surface area contributed by atoms with Crippen molar-refractivity contribution in [2.45, 2.75) is 6.18 Å². The zero-order chi connectivity index (χ0) is 21.1. The molecule has 0 spiro atoms. The summed E-state index contributed by atoms with van der Waals surface area (Å²) >= 11 is 0. The van der Waals surface area contributed by atoms with Crippen LogP contribution in [0.25, 0.3) is 28.0 Å². The molecule has 0 saturated heterocycles. The first-order valence-corrected chi connectivity index (χ1v) is 8.99. The van der Waals surface area contributed by atoms with E-state index in [0.29, 0.717) is 5.69 Å². The number of carbonyl (C=O) groups is 1. The maximum absolute atomic E-state index is 12.2. The van der Waals surface area contributed by atoms with E-state index in [1.54, 1.807) is 42.1 Å². The third-order valence-electron chi connectivity index (χ3n) is 4.37. The fraction of sp³-hybridized carbons (Fsp3) is 0.0952. The number of benzene rings is 1. The highest BCUT2D eigenvalue weighted by molar-refractivity contribution is 5.90. The molecule has 3 aromatic heterocycles. The lowest BCUT2D eigenvalue weighted by molar-refractivity contribution is -0.122. The van der Waals surface area contributed by atoms with Gasteiger partial charge >= 0.3 is 12.2 Å². The number of urea groups is 1. The van der Waals surface area contributed by atoms with Gasteiger partial charge < -0.3 is 10.6 Å². The third kappa shape index (κ3) is 4.40. The lowest BCUT2D eigenvalue weighted by Gasteiger charge is -2.11. The topological polar surface area (TPSA) is 71.3 Å². The molecular weight excluding hydrogens is 395 g/mol. The van der Waals surface area contributed by atoms with Gasteiger partial charge in [-0.25, -0.2) is 9.78 Å². The van der Waals surface area contributed by atoms with Gasteiger partial charge in [0.2, 0.25) is 0 Å². The quantitative estimate of drug-likeness (QED) is 0.509. The number of nitrogens with zero attached hydrogens (tertiary/aromatic N) is 3. The Balaban J connectivity index is 1.57. The summed E-state index contributed by atoms with van der Waals surface area (Å²) in [7, 11) is 0. The van der Waals surface area contributed by atoms with Crippen LogP contribution in [0.5, 0.6) is 0 Å². The van der Waals surface area contributed by atoms with E-state index in [-0.39, 0.29) is 0 Å². The highest BCUT2D eigenvalue weighted by atomic mass is 19.4. The molecule has 30 heavy (non-hydrogen) atoms. The van der Waals surface area contributed by atoms with Crippen LogP contribution in [0.1, 0.15) is 0 Å². The summed E-state index contributed by atoms with van der Waals surface area (Å²) in [6.45, 7) is -1.40. The van der Waals surface area contributed by atoms with Crippen LogP contribution in [-0.2, 0) is 0 Å². The molecule has 0 aliphatic carbocycles. The summed E-state index contributed by atoms with van der Waals surface area (Å²) in [6.07, 6.45) is 2.60. The number of anilines is 1. The minimum absolute atomic E-state index is 0.370. The molecule has 0 bridgehead atoms. The van der Waals surface area contributed by atoms with Crippen molar-refractivity contribution in [2.24, 2.45) is 0 Å². The van der Waals surface area contributed by atoms with Crippen molar-refractivity contribution in [1.29, 1.82) is 0 Å². The van der Waals surface area contributed by atoms with Gasteiger partial charge in [0.15, 0.2) is 0 Å². The molecule has 0 unspecified atom stereocenters. The Kier molecular flexibility index (Phi) is 5.09. The molecule has 6 nitrogen and oxygen atoms in total. The molecule has 152 valence electrons. The Hall–Kier alpha value is -3.88. The number of rotatable bonds is 4. The molecule has 3 heterocycles. The zero-order valence-corrected chi connectivity index (χ0v) is 15.5. The number of carbonyl (C=O) groups excluding carboxylic acids is 1. The Morgan fingerprint density at radius 2 is 1.83 bits per heavy atom. The van der Waals surface area contributed by atoms with Gasteiger partial charge in [-0.2, -0.15) is 13.2 Å². The van der Waals surface area contributed by atoms with Gasteiger partial charge in [-0.15, -0.1) is 0 Å². The Morgan fingerprint density at radius 1 is 1.00 bits per heavy atom. The molecule has 0 aliphatic rings. The summed E-state index contributed by atoms with van der Waals surface area (Å²) < 4.78 is 38.6. The van der Waals surface area contributed by atoms with Crippen LogP contribution in [0, 0.1) is 0 Å². The van der Waals surface area contributed by atoms with Gasteiger partial charge in [-0.1, -0.05) is 18.2 Å². The van der Waals surface area contributed by atoms with Crippen molar-refractivity contribution in [1.82, 2.24) is 19.7 Å². The van der Waals surface area contributed by atoms with Crippen molar-refractivity contribution in [3.63, 3.8) is 0 Å². The molecule has 0 aliphatic heterocycles. The van der Waals surface area contributed by atoms with E-state index in [1.807, 2.05) is 40.9 Å². The Labute approximate surface area is 169 Å². The van der Waals surface area contributed by atoms with Crippen molar-refractivity contribution in [3.05, 3.63) is 73.3 Å². The summed E-state index contributed by atoms with van der Waals surface area (Å²) in [6, 6.07) is 13.6. The average Bonchev–Trinajstić information content (AvgIpc) is 3.16. The normalized spacial score (nSPS) is 11.4. The van der Waals surface area contributed by atoms with Gasteiger partial charge in [0.25, 0.3) is 0 Å². The summed E-state index contributed by atoms with van der Waals surface area (Å²) in [5.74, 6) is 0. The number of hydrogen-bond acceptors (Lipinski definition) is 3. The SMILES string of the molecule is O=C(NCC(F)(F)F)Nc1cccc(-c2cnc3cc(-c4cccnc4)ccn23)c1. The van der Waals surface area contributed by atoms with Gasteiger partial charge in [0.05, 0.1) is 11.9 Å². The number of amides is 2. The van der Waals surface area contributed by atoms with Gasteiger partial charge in [0.1, 0.15) is 12.2 Å². The number of imidazole rings is 1. The standard InChI is InChI=1S/C21H16F3N5O/c22-21(23,24)13-27-20(30)28-17-5-1-3-15(9-17)18-12-26-19-10-14(6-8-29(18)19)16-4-2-7-25-11-16/h1-12H,13H2,(H2,27,28,30). The van der Waals surface area contributed by atoms with Gasteiger partial charge in [0, 0.05) is 35.4 Å². The number of halogens is 3. The number of nitrogens with one attached hydrogen (secondary N) is 2. The van der Waals surface area contributed by atoms with Gasteiger partial charge in [-0.05, 0) is 35.9 Å². The lowest BCUT2D eigenvalue weighted by Crippen LogP contribution is -2.36. The van der Waals surface area contributed by atoms with E-state index in [0.717, 1.165) is 28.0 Å². The molecule has 1 aromatic carbocycles. The van der Waals surface area contributed by atoms with Crippen molar-refractivity contribution >= 4 is 17.4 Å². The van der Waals surface area contributed by atoms with Crippen LogP contribution in [0.4, 0.5) is 23.7 Å². The third-order valence-corrected chi connectivity index (χ3v) is 4.37. The van der Waals surface area contributed by atoms with Crippen LogP contribution < -0.4 is 10.6 Å². The number of fused-ring (bicyclic) bond motifs is 1. The first kappa shape index (κ1) is 19.4. The number of aromatic nitrogens is 3. The fourth-order valence-corrected chi connectivity index (χ4v) is 3.02. The van der Waals surface area contributed by atoms with Gasteiger partial charge in [-0.3, -0.25) is 9.38 Å². The number of hydrogen-bond donors (Lipinski definition) is 2. The summed E-state index contributed by atoms with van der Waals surface area (Å²) in [4.78, 5) is 20.3. The van der Waals surface area contributed by atoms with Crippen LogP contribution in [0.15, 0.2) is 73.3 Å². The lowest BCUT2D eigenvalue weighted by atomic mass is 10.1. The van der Waals surface area contributed by atoms with E-state index in [2.05, 4.69) is 15.3 Å². The van der Waals surface area contributed by atoms with Crippen LogP contribution >= 0.6 is 0 Å². The molecule has 4 aromatic rings. The zero-order valence-electron chi connectivity index (χ0n) is 15.5. The van der Waals surface area contributed by atoms with E-state index >= 15 is 0 Å². The maximum atomic E-state index is 12.2. The first-order valence-electron chi connectivity index (χ1n) is 8.99. The second kappa shape index (κ2) is 7.86. The molecular formula is C21H16F3N5O. The summed E-state index contributed by atoms with van der Waals surface area (Å²) in [5.41, 5.74) is 4.58. The molecule has 0 radical (unpaired) electrons. The Bertz CT molecular complexity index is 1190. The van der Waals surface area contributed by atoms with Crippen LogP contribution in [0.3, 0.4) is 0 Å². The molecule has 9 heteroatoms. The van der Waals surface area contributed by atoms with E-state index in [9.17, 15) is 18.0 Å². The fourth-order valence-electron chi connectivity index (χ4n) is 3.02. The summed E-state index contributed by atoms with van der Waals surface area (Å²) in [5, 5.41) is 4.19. The average molecular weight is 411 g/mol. The largest absolute Gasteiger partial charge is 0.405 e. The Morgan fingerprint density at radius 3 is 2.60 bits per heavy atom. The number of pyridine rings is 2. The predicted molar refractivity (Wildman–Crippen MR) is 107 cm³/mol. The highest BCUT2D eigenvalue weighted by Gasteiger charge is 2.27. The molecule has 2 amide bonds. The minimum atomic E-state index is -4.47. The van der Waals surface area contributed by atoms with Crippen molar-refractivity contribution in [2.75, 3.05) is 11.9 Å². The molecule has 0 fully saturated rings. The maximum Gasteiger partial charge on any atom is 0.405 e. The second-order valence-electron chi connectivity index (χ2n) is 6.53. The van der Waals surface area contributed by atoms with E-state index in [4.69, 9.17) is 0 Å². The first-order chi connectivity index (χ1) is 14.4. The van der Waals surface area contributed by atoms with E-state index < -0.39 is 18.8 Å². The minimum Gasteiger partial charge on any atom is -0.329 e. The molecule has 0 saturated carbocycles. The molecule has 4 rings (SSSR count). The van der Waals surface area contributed by atoms with Crippen molar-refractivity contribution < 1.29 is 18.0 Å². The molecule has 2 N–H and O–H groups in total. The monoisotopic (exact) mass is 411 g/mol. The van der Waals surface area contributed by atoms with Crippen molar-refractivity contribution in [3.8, 4) is 22.4 Å². The van der Waals surface area contributed by atoms with E-state index in [1.165, 1.54) is 0 Å². The molecule has 0 atom stereocenters.